The number of nitrogens with one attached hydrogen (secondary N) is 1. The average Bonchev–Trinajstić information content (AvgIpc) is 2.45. The molecule has 0 aromatic heterocycles. The molecule has 1 amide bonds. The van der Waals surface area contributed by atoms with Crippen LogP contribution in [0.4, 0.5) is 5.69 Å². The van der Waals surface area contributed by atoms with Crippen LogP contribution in [-0.2, 0) is 19.3 Å². The molecule has 0 saturated carbocycles. The molecule has 1 unspecified atom stereocenters. The molecule has 0 aliphatic heterocycles. The zero-order valence-electron chi connectivity index (χ0n) is 13.4. The Labute approximate surface area is 132 Å². The number of amides is 1. The fourth-order valence-electron chi connectivity index (χ4n) is 1.94. The number of nitrogens with zero attached hydrogens (tertiary/aromatic N) is 1. The molecule has 1 aromatic carbocycles. The molecule has 0 saturated heterocycles. The molecule has 0 heterocycles. The van der Waals surface area contributed by atoms with Crippen molar-refractivity contribution in [2.24, 2.45) is 0 Å². The third kappa shape index (κ3) is 5.75. The van der Waals surface area contributed by atoms with Gasteiger partial charge in [-0.3, -0.25) is 4.79 Å². The number of anilines is 1. The van der Waals surface area contributed by atoms with E-state index in [1.165, 1.54) is 0 Å². The summed E-state index contributed by atoms with van der Waals surface area (Å²) in [6.45, 7) is 6.70. The van der Waals surface area contributed by atoms with Crippen molar-refractivity contribution in [2.75, 3.05) is 11.5 Å². The molecule has 1 rings (SSSR count). The van der Waals surface area contributed by atoms with Gasteiger partial charge in [-0.2, -0.15) is 13.1 Å². The largest absolute Gasteiger partial charge is 0.336 e. The summed E-state index contributed by atoms with van der Waals surface area (Å²) in [5.41, 5.74) is 0.722. The first-order chi connectivity index (χ1) is 10.3. The minimum absolute atomic E-state index is 0.0562. The van der Waals surface area contributed by atoms with Crippen LogP contribution >= 0.6 is 0 Å². The lowest BCUT2D eigenvalue weighted by molar-refractivity contribution is -0.121. The van der Waals surface area contributed by atoms with E-state index in [0.717, 1.165) is 12.1 Å². The molecule has 7 heteroatoms. The van der Waals surface area contributed by atoms with Crippen LogP contribution in [-0.4, -0.2) is 33.0 Å². The van der Waals surface area contributed by atoms with Crippen LogP contribution in [0.15, 0.2) is 30.3 Å². The smallest absolute Gasteiger partial charge is 0.308 e. The van der Waals surface area contributed by atoms with E-state index >= 15 is 0 Å². The molecule has 1 aromatic rings. The molecule has 0 bridgehead atoms. The van der Waals surface area contributed by atoms with Crippen molar-refractivity contribution < 1.29 is 17.4 Å². The van der Waals surface area contributed by atoms with Crippen molar-refractivity contribution in [1.29, 1.82) is 0 Å². The second-order valence-electron chi connectivity index (χ2n) is 5.35. The zero-order valence-corrected chi connectivity index (χ0v) is 14.3. The van der Waals surface area contributed by atoms with Gasteiger partial charge in [0.15, 0.2) is 0 Å². The summed E-state index contributed by atoms with van der Waals surface area (Å²) < 4.78 is 30.3. The van der Waals surface area contributed by atoms with Crippen LogP contribution in [0.25, 0.3) is 0 Å². The second kappa shape index (κ2) is 8.26. The molecule has 6 nitrogen and oxygen atoms in total. The van der Waals surface area contributed by atoms with Crippen molar-refractivity contribution in [3.8, 4) is 0 Å². The maximum Gasteiger partial charge on any atom is 0.336 e. The maximum absolute atomic E-state index is 12.4. The van der Waals surface area contributed by atoms with Crippen LogP contribution in [0.1, 0.15) is 34.1 Å². The van der Waals surface area contributed by atoms with Crippen molar-refractivity contribution in [3.05, 3.63) is 30.3 Å². The maximum atomic E-state index is 12.4. The van der Waals surface area contributed by atoms with E-state index in [0.29, 0.717) is 0 Å². The van der Waals surface area contributed by atoms with E-state index in [-0.39, 0.29) is 12.1 Å². The SMILES string of the molecule is CCC(C)N(C(=O)COS(=O)(=O)NC(C)C)c1ccccc1. The van der Waals surface area contributed by atoms with Gasteiger partial charge in [0.2, 0.25) is 0 Å². The molecule has 0 fully saturated rings. The molecule has 0 aliphatic carbocycles. The van der Waals surface area contributed by atoms with Gasteiger partial charge in [-0.25, -0.2) is 4.18 Å². The Hall–Kier alpha value is -1.44. The van der Waals surface area contributed by atoms with E-state index in [4.69, 9.17) is 4.18 Å². The number of hydrogen-bond donors (Lipinski definition) is 1. The summed E-state index contributed by atoms with van der Waals surface area (Å²) in [6, 6.07) is 8.79. The first-order valence-corrected chi connectivity index (χ1v) is 8.71. The van der Waals surface area contributed by atoms with Gasteiger partial charge < -0.3 is 4.90 Å². The first-order valence-electron chi connectivity index (χ1n) is 7.30. The molecule has 124 valence electrons. The lowest BCUT2D eigenvalue weighted by Gasteiger charge is -2.28. The van der Waals surface area contributed by atoms with Crippen molar-refractivity contribution >= 4 is 21.9 Å². The Bertz CT molecular complexity index is 572. The van der Waals surface area contributed by atoms with Crippen LogP contribution in [0.3, 0.4) is 0 Å². The number of carbonyl (C=O) groups is 1. The third-order valence-corrected chi connectivity index (χ3v) is 4.24. The van der Waals surface area contributed by atoms with E-state index in [2.05, 4.69) is 4.72 Å². The fourth-order valence-corrected chi connectivity index (χ4v) is 2.84. The van der Waals surface area contributed by atoms with Gasteiger partial charge in [0.05, 0.1) is 0 Å². The summed E-state index contributed by atoms with van der Waals surface area (Å²) >= 11 is 0. The molecule has 1 N–H and O–H groups in total. The predicted octanol–water partition coefficient (Wildman–Crippen LogP) is 2.08. The molecular formula is C15H24N2O4S. The topological polar surface area (TPSA) is 75.7 Å². The number of carbonyl (C=O) groups excluding carboxylic acids is 1. The van der Waals surface area contributed by atoms with Gasteiger partial charge >= 0.3 is 10.3 Å². The Morgan fingerprint density at radius 1 is 1.23 bits per heavy atom. The van der Waals surface area contributed by atoms with Crippen LogP contribution < -0.4 is 9.62 Å². The molecule has 0 spiro atoms. The van der Waals surface area contributed by atoms with Crippen LogP contribution in [0, 0.1) is 0 Å². The van der Waals surface area contributed by atoms with Crippen molar-refractivity contribution in [3.63, 3.8) is 0 Å². The third-order valence-electron chi connectivity index (χ3n) is 3.05. The highest BCUT2D eigenvalue weighted by Gasteiger charge is 2.23. The predicted molar refractivity (Wildman–Crippen MR) is 86.8 cm³/mol. The number of rotatable bonds is 8. The highest BCUT2D eigenvalue weighted by Crippen LogP contribution is 2.18. The van der Waals surface area contributed by atoms with Gasteiger partial charge in [-0.1, -0.05) is 25.1 Å². The fraction of sp³-hybridized carbons (Fsp3) is 0.533. The summed E-state index contributed by atoms with van der Waals surface area (Å²) in [5, 5.41) is 0. The van der Waals surface area contributed by atoms with Crippen LogP contribution in [0.2, 0.25) is 0 Å². The lowest BCUT2D eigenvalue weighted by atomic mass is 10.2. The number of benzene rings is 1. The minimum atomic E-state index is -3.92. The summed E-state index contributed by atoms with van der Waals surface area (Å²) in [6.07, 6.45) is 0.748. The molecular weight excluding hydrogens is 304 g/mol. The monoisotopic (exact) mass is 328 g/mol. The normalized spacial score (nSPS) is 13.1. The van der Waals surface area contributed by atoms with Gasteiger partial charge in [-0.05, 0) is 39.3 Å². The summed E-state index contributed by atoms with van der Waals surface area (Å²) in [7, 11) is -3.92. The van der Waals surface area contributed by atoms with E-state index in [9.17, 15) is 13.2 Å². The lowest BCUT2D eigenvalue weighted by Crippen LogP contribution is -2.42. The standard InChI is InChI=1S/C15H24N2O4S/c1-5-13(4)17(14-9-7-6-8-10-14)15(18)11-21-22(19,20)16-12(2)3/h6-10,12-13,16H,5,11H2,1-4H3. The van der Waals surface area contributed by atoms with E-state index in [1.807, 2.05) is 44.2 Å². The zero-order chi connectivity index (χ0) is 16.8. The van der Waals surface area contributed by atoms with Crippen molar-refractivity contribution in [1.82, 2.24) is 4.72 Å². The summed E-state index contributed by atoms with van der Waals surface area (Å²) in [4.78, 5) is 13.9. The number of hydrogen-bond acceptors (Lipinski definition) is 4. The van der Waals surface area contributed by atoms with Crippen molar-refractivity contribution in [2.45, 2.75) is 46.2 Å². The van der Waals surface area contributed by atoms with E-state index < -0.39 is 22.8 Å². The number of para-hydroxylation sites is 1. The molecule has 0 aliphatic rings. The Morgan fingerprint density at radius 2 is 1.82 bits per heavy atom. The summed E-state index contributed by atoms with van der Waals surface area (Å²) in [5.74, 6) is -0.394. The first kappa shape index (κ1) is 18.6. The molecule has 0 radical (unpaired) electrons. The van der Waals surface area contributed by atoms with Crippen LogP contribution in [0.5, 0.6) is 0 Å². The second-order valence-corrected chi connectivity index (χ2v) is 6.73. The molecule has 22 heavy (non-hydrogen) atoms. The van der Waals surface area contributed by atoms with Gasteiger partial charge in [0, 0.05) is 17.8 Å². The highest BCUT2D eigenvalue weighted by atomic mass is 32.2. The van der Waals surface area contributed by atoms with E-state index in [1.54, 1.807) is 18.7 Å². The Balaban J connectivity index is 2.82. The Morgan fingerprint density at radius 3 is 2.32 bits per heavy atom. The quantitative estimate of drug-likeness (QED) is 0.793. The minimum Gasteiger partial charge on any atom is -0.308 e. The van der Waals surface area contributed by atoms with Gasteiger partial charge in [-0.15, -0.1) is 0 Å². The molecule has 1 atom stereocenters. The Kier molecular flexibility index (Phi) is 6.99. The van der Waals surface area contributed by atoms with Gasteiger partial charge in [0.25, 0.3) is 5.91 Å². The van der Waals surface area contributed by atoms with Gasteiger partial charge in [0.1, 0.15) is 6.61 Å². The highest BCUT2D eigenvalue weighted by molar-refractivity contribution is 7.84. The average molecular weight is 328 g/mol.